The summed E-state index contributed by atoms with van der Waals surface area (Å²) >= 11 is 0. The number of amides is 4. The molecule has 4 amide bonds. The second-order valence-electron chi connectivity index (χ2n) is 11.6. The van der Waals surface area contributed by atoms with Crippen molar-refractivity contribution < 1.29 is 19.2 Å². The summed E-state index contributed by atoms with van der Waals surface area (Å²) in [5, 5.41) is 10.2. The van der Waals surface area contributed by atoms with Crippen molar-refractivity contribution in [3.05, 3.63) is 94.8 Å². The molecule has 6 rings (SSSR count). The predicted octanol–water partition coefficient (Wildman–Crippen LogP) is 3.39. The van der Waals surface area contributed by atoms with Gasteiger partial charge in [0.15, 0.2) is 5.82 Å². The molecule has 256 valence electrons. The first-order chi connectivity index (χ1) is 24.0. The zero-order valence-corrected chi connectivity index (χ0v) is 28.0. The Morgan fingerprint density at radius 3 is 2.16 bits per heavy atom. The van der Waals surface area contributed by atoms with Crippen molar-refractivity contribution in [1.29, 1.82) is 0 Å². The maximum atomic E-state index is 13.4. The van der Waals surface area contributed by atoms with E-state index in [4.69, 9.17) is 11.5 Å². The molecule has 0 saturated heterocycles. The number of carbonyl (C=O) groups is 4. The third-order valence-electron chi connectivity index (χ3n) is 8.24. The minimum atomic E-state index is -0.597. The number of allylic oxidation sites excluding steroid dienone is 2. The predicted molar refractivity (Wildman–Crippen MR) is 187 cm³/mol. The lowest BCUT2D eigenvalue weighted by atomic mass is 10.1. The molecule has 4 aromatic heterocycles. The molecule has 0 bridgehead atoms. The first-order valence-electron chi connectivity index (χ1n) is 15.9. The number of rotatable bonds is 12. The van der Waals surface area contributed by atoms with E-state index in [1.165, 1.54) is 0 Å². The van der Waals surface area contributed by atoms with Crippen molar-refractivity contribution in [1.82, 2.24) is 38.4 Å². The molecule has 0 unspecified atom stereocenters. The van der Waals surface area contributed by atoms with Crippen LogP contribution in [0, 0.1) is 13.8 Å². The average molecular weight is 677 g/mol. The van der Waals surface area contributed by atoms with E-state index in [1.807, 2.05) is 44.4 Å². The number of aryl methyl sites for hydroxylation is 4. The van der Waals surface area contributed by atoms with Gasteiger partial charge in [-0.25, -0.2) is 15.0 Å². The number of hydrogen-bond donors (Lipinski definition) is 4. The summed E-state index contributed by atoms with van der Waals surface area (Å²) in [7, 11) is 0. The smallest absolute Gasteiger partial charge is 0.293 e. The van der Waals surface area contributed by atoms with Crippen LogP contribution < -0.4 is 22.1 Å². The standard InChI is InChI=1S/C34H36N12O4/c1-5-43-14-11-37-30(43)32(50)41-33-38-23-17-21(28(35)47)9-10-25(23)44(33)12-7-8-13-45-27-19(3)15-22(29(36)48)18-24(27)39-34(45)40-31(49)26-16-20(4)42-46(26)6-2/h7-11,14-18H,5-6,12-13H2,1-4H3,(H2,35,47)(H2,36,48)(H,38,41,50)(H,39,40,49)/b8-7+. The maximum Gasteiger partial charge on any atom is 0.293 e. The van der Waals surface area contributed by atoms with Crippen molar-refractivity contribution in [3.63, 3.8) is 0 Å². The highest BCUT2D eigenvalue weighted by atomic mass is 16.2. The Balaban J connectivity index is 1.34. The molecule has 4 heterocycles. The molecule has 0 atom stereocenters. The minimum absolute atomic E-state index is 0.230. The van der Waals surface area contributed by atoms with Gasteiger partial charge in [0.1, 0.15) is 5.69 Å². The zero-order valence-electron chi connectivity index (χ0n) is 28.0. The number of aromatic nitrogens is 8. The van der Waals surface area contributed by atoms with Crippen LogP contribution in [0.15, 0.2) is 60.9 Å². The first kappa shape index (κ1) is 33.3. The lowest BCUT2D eigenvalue weighted by Gasteiger charge is -2.11. The van der Waals surface area contributed by atoms with Gasteiger partial charge in [-0.05, 0) is 69.7 Å². The number of hydrogen-bond acceptors (Lipinski definition) is 8. The monoisotopic (exact) mass is 676 g/mol. The fourth-order valence-electron chi connectivity index (χ4n) is 5.88. The summed E-state index contributed by atoms with van der Waals surface area (Å²) < 4.78 is 6.95. The van der Waals surface area contributed by atoms with Gasteiger partial charge in [0.2, 0.25) is 23.7 Å². The minimum Gasteiger partial charge on any atom is -0.366 e. The van der Waals surface area contributed by atoms with Gasteiger partial charge in [0.05, 0.1) is 27.8 Å². The van der Waals surface area contributed by atoms with E-state index in [2.05, 4.69) is 30.7 Å². The molecule has 6 N–H and O–H groups in total. The molecular formula is C34H36N12O4. The fraction of sp³-hybridized carbons (Fsp3) is 0.235. The van der Waals surface area contributed by atoms with E-state index in [1.54, 1.807) is 62.6 Å². The van der Waals surface area contributed by atoms with Crippen LogP contribution in [0.25, 0.3) is 22.1 Å². The highest BCUT2D eigenvalue weighted by Crippen LogP contribution is 2.26. The summed E-state index contributed by atoms with van der Waals surface area (Å²) in [5.74, 6) is -1.26. The van der Waals surface area contributed by atoms with E-state index in [0.717, 1.165) is 5.56 Å². The van der Waals surface area contributed by atoms with Gasteiger partial charge in [-0.15, -0.1) is 0 Å². The highest BCUT2D eigenvalue weighted by molar-refractivity contribution is 6.04. The van der Waals surface area contributed by atoms with Crippen molar-refractivity contribution in [2.75, 3.05) is 10.6 Å². The number of fused-ring (bicyclic) bond motifs is 2. The molecule has 0 saturated carbocycles. The van der Waals surface area contributed by atoms with Gasteiger partial charge in [-0.3, -0.25) is 34.5 Å². The SMILES string of the molecule is CCn1ccnc1C(=O)Nc1nc2cc(C(N)=O)ccc2n1C/C=C/Cn1c(NC(=O)c2cc(C)nn2CC)nc2cc(C(N)=O)cc(C)c21. The molecule has 50 heavy (non-hydrogen) atoms. The fourth-order valence-corrected chi connectivity index (χ4v) is 5.88. The second-order valence-corrected chi connectivity index (χ2v) is 11.6. The summed E-state index contributed by atoms with van der Waals surface area (Å²) in [6, 6.07) is 9.88. The Hall–Kier alpha value is -6.58. The number of nitrogens with one attached hydrogen (secondary N) is 2. The molecule has 6 aromatic rings. The third-order valence-corrected chi connectivity index (χ3v) is 8.24. The Morgan fingerprint density at radius 2 is 1.46 bits per heavy atom. The van der Waals surface area contributed by atoms with E-state index in [-0.39, 0.29) is 42.3 Å². The maximum absolute atomic E-state index is 13.4. The Bertz CT molecular complexity index is 2340. The number of anilines is 2. The largest absolute Gasteiger partial charge is 0.366 e. The van der Waals surface area contributed by atoms with E-state index in [9.17, 15) is 19.2 Å². The molecule has 16 nitrogen and oxygen atoms in total. The molecule has 0 aliphatic rings. The van der Waals surface area contributed by atoms with E-state index < -0.39 is 17.7 Å². The molecule has 16 heteroatoms. The first-order valence-corrected chi connectivity index (χ1v) is 15.9. The quantitative estimate of drug-likeness (QED) is 0.141. The van der Waals surface area contributed by atoms with E-state index in [0.29, 0.717) is 52.1 Å². The van der Waals surface area contributed by atoms with Gasteiger partial charge in [0, 0.05) is 49.7 Å². The van der Waals surface area contributed by atoms with Crippen LogP contribution >= 0.6 is 0 Å². The van der Waals surface area contributed by atoms with Crippen LogP contribution in [0.3, 0.4) is 0 Å². The average Bonchev–Trinajstić information content (AvgIpc) is 3.86. The molecule has 0 radical (unpaired) electrons. The van der Waals surface area contributed by atoms with Gasteiger partial charge < -0.3 is 25.2 Å². The van der Waals surface area contributed by atoms with Gasteiger partial charge >= 0.3 is 0 Å². The zero-order chi connectivity index (χ0) is 35.7. The van der Waals surface area contributed by atoms with Crippen LogP contribution in [-0.2, 0) is 26.2 Å². The lowest BCUT2D eigenvalue weighted by Crippen LogP contribution is -2.20. The van der Waals surface area contributed by atoms with Gasteiger partial charge in [-0.1, -0.05) is 12.2 Å². The third kappa shape index (κ3) is 6.33. The van der Waals surface area contributed by atoms with Crippen molar-refractivity contribution in [3.8, 4) is 0 Å². The second kappa shape index (κ2) is 13.5. The Morgan fingerprint density at radius 1 is 0.800 bits per heavy atom. The van der Waals surface area contributed by atoms with Gasteiger partial charge in [0.25, 0.3) is 11.8 Å². The summed E-state index contributed by atoms with van der Waals surface area (Å²) in [6.07, 6.45) is 7.03. The number of nitrogens with zero attached hydrogens (tertiary/aromatic N) is 8. The molecule has 0 fully saturated rings. The lowest BCUT2D eigenvalue weighted by molar-refractivity contribution is 0.0992. The molecule has 0 spiro atoms. The highest BCUT2D eigenvalue weighted by Gasteiger charge is 2.21. The van der Waals surface area contributed by atoms with Crippen molar-refractivity contribution in [2.24, 2.45) is 11.5 Å². The molecular weight excluding hydrogens is 640 g/mol. The normalized spacial score (nSPS) is 11.5. The summed E-state index contributed by atoms with van der Waals surface area (Å²) in [6.45, 7) is 9.08. The summed E-state index contributed by atoms with van der Waals surface area (Å²) in [4.78, 5) is 64.0. The number of benzene rings is 2. The van der Waals surface area contributed by atoms with Crippen LogP contribution in [0.1, 0.15) is 66.9 Å². The molecule has 0 aliphatic heterocycles. The van der Waals surface area contributed by atoms with Crippen LogP contribution in [0.5, 0.6) is 0 Å². The van der Waals surface area contributed by atoms with Crippen molar-refractivity contribution in [2.45, 2.75) is 53.9 Å². The van der Waals surface area contributed by atoms with Crippen LogP contribution in [0.4, 0.5) is 11.9 Å². The number of nitrogens with two attached hydrogens (primary N) is 2. The number of carbonyl (C=O) groups excluding carboxylic acids is 4. The Labute approximate surface area is 285 Å². The Kier molecular flexibility index (Phi) is 9.00. The van der Waals surface area contributed by atoms with E-state index >= 15 is 0 Å². The topological polar surface area (TPSA) is 216 Å². The van der Waals surface area contributed by atoms with Gasteiger partial charge in [-0.2, -0.15) is 5.10 Å². The summed E-state index contributed by atoms with van der Waals surface area (Å²) in [5.41, 5.74) is 15.8. The molecule has 2 aromatic carbocycles. The van der Waals surface area contributed by atoms with Crippen LogP contribution in [0.2, 0.25) is 0 Å². The molecule has 0 aliphatic carbocycles. The van der Waals surface area contributed by atoms with Crippen LogP contribution in [-0.4, -0.2) is 62.1 Å². The number of imidazole rings is 3. The van der Waals surface area contributed by atoms with Crippen molar-refractivity contribution >= 4 is 57.6 Å². The number of primary amides is 2.